The molecule has 5 nitrogen and oxygen atoms in total. The number of nitrogens with two attached hydrogens (primary N) is 1. The van der Waals surface area contributed by atoms with Crippen molar-refractivity contribution < 1.29 is 9.53 Å². The molecular formula is C15H21N3O2. The molecule has 0 bridgehead atoms. The molecule has 1 aromatic heterocycles. The zero-order valence-electron chi connectivity index (χ0n) is 12.2. The summed E-state index contributed by atoms with van der Waals surface area (Å²) in [6, 6.07) is 3.68. The smallest absolute Gasteiger partial charge is 0.247 e. The average Bonchev–Trinajstić information content (AvgIpc) is 2.94. The van der Waals surface area contributed by atoms with E-state index in [0.29, 0.717) is 6.61 Å². The number of hydrogen-bond acceptors (Lipinski definition) is 4. The largest absolute Gasteiger partial charge is 0.377 e. The first-order valence-corrected chi connectivity index (χ1v) is 6.99. The molecule has 0 spiro atoms. The van der Waals surface area contributed by atoms with Crippen LogP contribution in [0.5, 0.6) is 0 Å². The van der Waals surface area contributed by atoms with Gasteiger partial charge >= 0.3 is 0 Å². The number of amides is 1. The summed E-state index contributed by atoms with van der Waals surface area (Å²) in [5, 5.41) is 0. The van der Waals surface area contributed by atoms with Crippen LogP contribution in [0.4, 0.5) is 5.69 Å². The van der Waals surface area contributed by atoms with Crippen molar-refractivity contribution in [3.8, 4) is 0 Å². The Hall–Kier alpha value is -1.46. The molecule has 20 heavy (non-hydrogen) atoms. The average molecular weight is 275 g/mol. The summed E-state index contributed by atoms with van der Waals surface area (Å²) in [5.74, 6) is 0.0615. The summed E-state index contributed by atoms with van der Waals surface area (Å²) in [6.07, 6.45) is 4.32. The minimum Gasteiger partial charge on any atom is -0.377 e. The number of fused-ring (bicyclic) bond motifs is 1. The van der Waals surface area contributed by atoms with Crippen LogP contribution in [0.2, 0.25) is 0 Å². The molecule has 2 N–H and O–H groups in total. The first-order chi connectivity index (χ1) is 9.40. The lowest BCUT2D eigenvalue weighted by atomic mass is 9.47. The number of carbonyl (C=O) groups is 1. The van der Waals surface area contributed by atoms with Crippen molar-refractivity contribution in [2.24, 2.45) is 17.1 Å². The van der Waals surface area contributed by atoms with Crippen LogP contribution >= 0.6 is 0 Å². The highest BCUT2D eigenvalue weighted by Gasteiger charge is 2.71. The van der Waals surface area contributed by atoms with E-state index in [2.05, 4.69) is 4.98 Å². The summed E-state index contributed by atoms with van der Waals surface area (Å²) < 4.78 is 5.74. The Kier molecular flexibility index (Phi) is 2.88. The molecule has 108 valence electrons. The van der Waals surface area contributed by atoms with Gasteiger partial charge in [0, 0.05) is 31.2 Å². The van der Waals surface area contributed by atoms with Crippen molar-refractivity contribution in [1.82, 2.24) is 4.98 Å². The summed E-state index contributed by atoms with van der Waals surface area (Å²) in [7, 11) is 1.76. The molecule has 1 aliphatic heterocycles. The molecule has 2 aliphatic rings. The number of rotatable bonds is 2. The Morgan fingerprint density at radius 2 is 2.30 bits per heavy atom. The molecule has 0 radical (unpaired) electrons. The van der Waals surface area contributed by atoms with Crippen molar-refractivity contribution in [3.05, 3.63) is 24.5 Å². The fourth-order valence-corrected chi connectivity index (χ4v) is 3.77. The fraction of sp³-hybridized carbons (Fsp3) is 0.600. The Morgan fingerprint density at radius 1 is 1.55 bits per heavy atom. The topological polar surface area (TPSA) is 68.5 Å². The molecule has 5 heteroatoms. The van der Waals surface area contributed by atoms with E-state index in [1.54, 1.807) is 24.3 Å². The second kappa shape index (κ2) is 4.27. The van der Waals surface area contributed by atoms with Crippen LogP contribution in [-0.4, -0.2) is 36.2 Å². The highest BCUT2D eigenvalue weighted by Crippen LogP contribution is 2.58. The number of nitrogens with zero attached hydrogens (tertiary/aromatic N) is 2. The van der Waals surface area contributed by atoms with Crippen LogP contribution in [0.15, 0.2) is 24.5 Å². The van der Waals surface area contributed by atoms with Gasteiger partial charge in [0.15, 0.2) is 0 Å². The van der Waals surface area contributed by atoms with Gasteiger partial charge in [-0.15, -0.1) is 0 Å². The Balaban J connectivity index is 1.90. The van der Waals surface area contributed by atoms with Gasteiger partial charge in [-0.25, -0.2) is 0 Å². The maximum atomic E-state index is 12.9. The van der Waals surface area contributed by atoms with E-state index < -0.39 is 5.54 Å². The third-order valence-corrected chi connectivity index (χ3v) is 5.15. The predicted octanol–water partition coefficient (Wildman–Crippen LogP) is 1.19. The van der Waals surface area contributed by atoms with E-state index in [-0.39, 0.29) is 23.3 Å². The molecule has 3 rings (SSSR count). The zero-order chi connectivity index (χ0) is 14.5. The zero-order valence-corrected chi connectivity index (χ0v) is 12.2. The van der Waals surface area contributed by atoms with E-state index in [4.69, 9.17) is 10.5 Å². The third-order valence-electron chi connectivity index (χ3n) is 5.15. The van der Waals surface area contributed by atoms with Gasteiger partial charge in [-0.1, -0.05) is 13.8 Å². The first-order valence-electron chi connectivity index (χ1n) is 6.99. The molecule has 1 saturated carbocycles. The molecule has 1 amide bonds. The molecular weight excluding hydrogens is 254 g/mol. The number of likely N-dealkylation sites (N-methyl/N-ethyl adjacent to an activating group) is 1. The molecule has 3 unspecified atom stereocenters. The lowest BCUT2D eigenvalue weighted by Crippen LogP contribution is -2.80. The van der Waals surface area contributed by atoms with E-state index in [0.717, 1.165) is 12.1 Å². The van der Waals surface area contributed by atoms with Crippen molar-refractivity contribution in [3.63, 3.8) is 0 Å². The summed E-state index contributed by atoms with van der Waals surface area (Å²) in [5.41, 5.74) is 6.11. The van der Waals surface area contributed by atoms with Gasteiger partial charge < -0.3 is 15.4 Å². The third kappa shape index (κ3) is 1.50. The summed E-state index contributed by atoms with van der Waals surface area (Å²) in [6.45, 7) is 4.74. The number of ether oxygens (including phenoxy) is 1. The van der Waals surface area contributed by atoms with Gasteiger partial charge in [-0.3, -0.25) is 9.78 Å². The van der Waals surface area contributed by atoms with Crippen molar-refractivity contribution in [2.75, 3.05) is 18.6 Å². The second-order valence-electron chi connectivity index (χ2n) is 6.35. The first kappa shape index (κ1) is 13.5. The van der Waals surface area contributed by atoms with Gasteiger partial charge in [0.2, 0.25) is 5.91 Å². The van der Waals surface area contributed by atoms with E-state index >= 15 is 0 Å². The Labute approximate surface area is 119 Å². The van der Waals surface area contributed by atoms with Crippen LogP contribution in [-0.2, 0) is 9.53 Å². The number of hydrogen-bond donors (Lipinski definition) is 1. The van der Waals surface area contributed by atoms with Gasteiger partial charge in [-0.05, 0) is 18.6 Å². The minimum absolute atomic E-state index is 0.0535. The molecule has 1 saturated heterocycles. The fourth-order valence-electron chi connectivity index (χ4n) is 3.77. The number of pyridine rings is 1. The van der Waals surface area contributed by atoms with Crippen LogP contribution in [0.25, 0.3) is 0 Å². The highest BCUT2D eigenvalue weighted by molar-refractivity contribution is 6.01. The van der Waals surface area contributed by atoms with Crippen molar-refractivity contribution in [2.45, 2.75) is 31.9 Å². The second-order valence-corrected chi connectivity index (χ2v) is 6.35. The van der Waals surface area contributed by atoms with Crippen LogP contribution in [0, 0.1) is 11.3 Å². The maximum Gasteiger partial charge on any atom is 0.247 e. The summed E-state index contributed by atoms with van der Waals surface area (Å²) >= 11 is 0. The van der Waals surface area contributed by atoms with Crippen molar-refractivity contribution >= 4 is 11.6 Å². The van der Waals surface area contributed by atoms with Gasteiger partial charge in [-0.2, -0.15) is 0 Å². The lowest BCUT2D eigenvalue weighted by molar-refractivity contribution is -0.172. The number of anilines is 1. The van der Waals surface area contributed by atoms with E-state index in [9.17, 15) is 4.79 Å². The summed E-state index contributed by atoms with van der Waals surface area (Å²) in [4.78, 5) is 18.6. The predicted molar refractivity (Wildman–Crippen MR) is 76.2 cm³/mol. The Morgan fingerprint density at radius 3 is 2.95 bits per heavy atom. The SMILES string of the molecule is CN(C(=O)C1(N)C2CCOC2C1(C)C)c1cccnc1. The van der Waals surface area contributed by atoms with Gasteiger partial charge in [0.05, 0.1) is 18.0 Å². The number of carbonyl (C=O) groups excluding carboxylic acids is 1. The van der Waals surface area contributed by atoms with E-state index in [1.165, 1.54) is 0 Å². The molecule has 0 aromatic carbocycles. The molecule has 2 fully saturated rings. The van der Waals surface area contributed by atoms with Gasteiger partial charge in [0.25, 0.3) is 0 Å². The van der Waals surface area contributed by atoms with Crippen LogP contribution in [0.3, 0.4) is 0 Å². The van der Waals surface area contributed by atoms with Crippen LogP contribution < -0.4 is 10.6 Å². The Bertz CT molecular complexity index is 531. The minimum atomic E-state index is -0.862. The van der Waals surface area contributed by atoms with Gasteiger partial charge in [0.1, 0.15) is 5.54 Å². The normalized spacial score (nSPS) is 34.2. The number of aromatic nitrogens is 1. The van der Waals surface area contributed by atoms with Crippen molar-refractivity contribution in [1.29, 1.82) is 0 Å². The molecule has 3 atom stereocenters. The maximum absolute atomic E-state index is 12.9. The highest BCUT2D eigenvalue weighted by atomic mass is 16.5. The quantitative estimate of drug-likeness (QED) is 0.880. The molecule has 2 heterocycles. The van der Waals surface area contributed by atoms with Crippen LogP contribution in [0.1, 0.15) is 20.3 Å². The molecule has 1 aliphatic carbocycles. The molecule has 1 aromatic rings. The standard InChI is InChI=1S/C15H21N3O2/c1-14(2)12-11(6-8-20-12)15(14,16)13(19)18(3)10-5-4-7-17-9-10/h4-5,7,9,11-12H,6,8,16H2,1-3H3. The monoisotopic (exact) mass is 275 g/mol. The van der Waals surface area contributed by atoms with E-state index in [1.807, 2.05) is 26.0 Å². The lowest BCUT2D eigenvalue weighted by Gasteiger charge is -2.61.